The fourth-order valence-electron chi connectivity index (χ4n) is 0.318. The molecule has 0 aliphatic heterocycles. The van der Waals surface area contributed by atoms with Crippen LogP contribution in [0.1, 0.15) is 6.92 Å². The molecule has 0 unspecified atom stereocenters. The lowest BCUT2D eigenvalue weighted by molar-refractivity contribution is 0.263. The number of aliphatic hydroxyl groups excluding tert-OH is 1. The topological polar surface area (TPSA) is 47.3 Å². The van der Waals surface area contributed by atoms with Crippen molar-refractivity contribution in [1.82, 2.24) is 4.90 Å². The van der Waals surface area contributed by atoms with E-state index in [1.807, 2.05) is 0 Å². The van der Waals surface area contributed by atoms with Crippen LogP contribution in [0.3, 0.4) is 0 Å². The van der Waals surface area contributed by atoms with Gasteiger partial charge in [-0.3, -0.25) is 5.41 Å². The maximum absolute atomic E-state index is 8.35. The van der Waals surface area contributed by atoms with Gasteiger partial charge in [-0.2, -0.15) is 0 Å². The quantitative estimate of drug-likeness (QED) is 0.391. The van der Waals surface area contributed by atoms with Crippen LogP contribution in [0.25, 0.3) is 0 Å². The monoisotopic (exact) mass is 116 g/mol. The molecule has 3 heteroatoms. The van der Waals surface area contributed by atoms with Crippen molar-refractivity contribution in [3.8, 4) is 0 Å². The number of likely N-dealkylation sites (N-methyl/N-ethyl adjacent to an activating group) is 1. The molecular weight excluding hydrogens is 104 g/mol. The van der Waals surface area contributed by atoms with Gasteiger partial charge in [0.05, 0.1) is 12.4 Å². The zero-order valence-corrected chi connectivity index (χ0v) is 5.31. The fourth-order valence-corrected chi connectivity index (χ4v) is 0.318. The van der Waals surface area contributed by atoms with Gasteiger partial charge in [-0.15, -0.1) is 0 Å². The zero-order chi connectivity index (χ0) is 6.57. The summed E-state index contributed by atoms with van der Waals surface area (Å²) in [6.45, 7) is 2.36. The maximum atomic E-state index is 8.35. The molecule has 0 aliphatic rings. The van der Waals surface area contributed by atoms with E-state index in [9.17, 15) is 0 Å². The van der Waals surface area contributed by atoms with Gasteiger partial charge in [0.15, 0.2) is 0 Å². The van der Waals surface area contributed by atoms with Gasteiger partial charge >= 0.3 is 0 Å². The van der Waals surface area contributed by atoms with Crippen LogP contribution < -0.4 is 0 Å². The van der Waals surface area contributed by atoms with Crippen LogP contribution in [0.15, 0.2) is 0 Å². The minimum Gasteiger partial charge on any atom is -0.395 e. The van der Waals surface area contributed by atoms with Gasteiger partial charge in [0.25, 0.3) is 0 Å². The van der Waals surface area contributed by atoms with E-state index < -0.39 is 0 Å². The Bertz CT molecular complexity index is 82.5. The standard InChI is InChI=1S/C5H12N2O/c1-5(6)7(2)3-4-8/h6,8H,3-4H2,1-2H3. The van der Waals surface area contributed by atoms with Crippen LogP contribution in [-0.4, -0.2) is 36.0 Å². The van der Waals surface area contributed by atoms with Crippen molar-refractivity contribution in [2.75, 3.05) is 20.2 Å². The Morgan fingerprint density at radius 1 is 1.75 bits per heavy atom. The Labute approximate surface area is 49.4 Å². The summed E-state index contributed by atoms with van der Waals surface area (Å²) in [5.74, 6) is 0.485. The second kappa shape index (κ2) is 3.43. The van der Waals surface area contributed by atoms with Crippen molar-refractivity contribution in [1.29, 1.82) is 5.41 Å². The van der Waals surface area contributed by atoms with E-state index in [0.29, 0.717) is 12.4 Å². The summed E-state index contributed by atoms with van der Waals surface area (Å²) < 4.78 is 0. The second-order valence-corrected chi connectivity index (χ2v) is 1.73. The molecule has 0 rings (SSSR count). The van der Waals surface area contributed by atoms with Crippen molar-refractivity contribution in [2.45, 2.75) is 6.92 Å². The summed E-state index contributed by atoms with van der Waals surface area (Å²) in [5, 5.41) is 15.4. The largest absolute Gasteiger partial charge is 0.395 e. The Morgan fingerprint density at radius 2 is 2.25 bits per heavy atom. The highest BCUT2D eigenvalue weighted by molar-refractivity contribution is 5.75. The van der Waals surface area contributed by atoms with E-state index >= 15 is 0 Å². The normalized spacial score (nSPS) is 8.88. The van der Waals surface area contributed by atoms with Crippen molar-refractivity contribution in [2.24, 2.45) is 0 Å². The zero-order valence-electron chi connectivity index (χ0n) is 5.31. The van der Waals surface area contributed by atoms with E-state index in [1.165, 1.54) is 0 Å². The van der Waals surface area contributed by atoms with Crippen LogP contribution in [0.4, 0.5) is 0 Å². The molecule has 0 radical (unpaired) electrons. The highest BCUT2D eigenvalue weighted by Crippen LogP contribution is 1.79. The minimum absolute atomic E-state index is 0.118. The van der Waals surface area contributed by atoms with Crippen molar-refractivity contribution in [3.05, 3.63) is 0 Å². The molecule has 0 aromatic rings. The summed E-state index contributed by atoms with van der Waals surface area (Å²) in [5.41, 5.74) is 0. The molecule has 0 aromatic carbocycles. The molecule has 3 nitrogen and oxygen atoms in total. The summed E-state index contributed by atoms with van der Waals surface area (Å²) in [7, 11) is 1.78. The highest BCUT2D eigenvalue weighted by atomic mass is 16.3. The first-order chi connectivity index (χ1) is 3.68. The third-order valence-electron chi connectivity index (χ3n) is 1.01. The highest BCUT2D eigenvalue weighted by Gasteiger charge is 1.93. The van der Waals surface area contributed by atoms with Crippen LogP contribution in [0.5, 0.6) is 0 Å². The molecule has 0 bridgehead atoms. The molecule has 0 heterocycles. The molecule has 0 aliphatic carbocycles. The number of amidine groups is 1. The van der Waals surface area contributed by atoms with E-state index in [1.54, 1.807) is 18.9 Å². The average molecular weight is 116 g/mol. The Balaban J connectivity index is 3.32. The molecule has 0 spiro atoms. The minimum atomic E-state index is 0.118. The molecule has 2 N–H and O–H groups in total. The lowest BCUT2D eigenvalue weighted by Crippen LogP contribution is -2.26. The van der Waals surface area contributed by atoms with Crippen LogP contribution >= 0.6 is 0 Å². The SMILES string of the molecule is CC(=N)N(C)CCO. The molecular formula is C5H12N2O. The molecule has 48 valence electrons. The van der Waals surface area contributed by atoms with Gasteiger partial charge in [0.2, 0.25) is 0 Å². The summed E-state index contributed by atoms with van der Waals surface area (Å²) in [6, 6.07) is 0. The van der Waals surface area contributed by atoms with E-state index in [2.05, 4.69) is 0 Å². The van der Waals surface area contributed by atoms with Crippen molar-refractivity contribution in [3.63, 3.8) is 0 Å². The predicted octanol–water partition coefficient (Wildman–Crippen LogP) is -0.0923. The molecule has 0 aromatic heterocycles. The molecule has 0 atom stereocenters. The molecule has 0 amide bonds. The van der Waals surface area contributed by atoms with E-state index in [-0.39, 0.29) is 6.61 Å². The first-order valence-corrected chi connectivity index (χ1v) is 2.55. The van der Waals surface area contributed by atoms with Gasteiger partial charge in [0, 0.05) is 13.6 Å². The lowest BCUT2D eigenvalue weighted by atomic mass is 10.5. The number of aliphatic hydroxyl groups is 1. The maximum Gasteiger partial charge on any atom is 0.0924 e. The Kier molecular flexibility index (Phi) is 3.19. The Morgan fingerprint density at radius 3 is 2.38 bits per heavy atom. The number of nitrogens with one attached hydrogen (secondary N) is 1. The summed E-state index contributed by atoms with van der Waals surface area (Å²) in [6.07, 6.45) is 0. The van der Waals surface area contributed by atoms with Crippen LogP contribution in [-0.2, 0) is 0 Å². The smallest absolute Gasteiger partial charge is 0.0924 e. The average Bonchev–Trinajstić information content (AvgIpc) is 1.67. The first-order valence-electron chi connectivity index (χ1n) is 2.55. The van der Waals surface area contributed by atoms with E-state index in [0.717, 1.165) is 0 Å². The van der Waals surface area contributed by atoms with Gasteiger partial charge in [0.1, 0.15) is 0 Å². The number of rotatable bonds is 2. The number of hydrogen-bond donors (Lipinski definition) is 2. The third kappa shape index (κ3) is 2.58. The number of nitrogens with zero attached hydrogens (tertiary/aromatic N) is 1. The second-order valence-electron chi connectivity index (χ2n) is 1.73. The molecule has 0 saturated heterocycles. The van der Waals surface area contributed by atoms with Crippen LogP contribution in [0.2, 0.25) is 0 Å². The molecule has 0 fully saturated rings. The van der Waals surface area contributed by atoms with Crippen molar-refractivity contribution < 1.29 is 5.11 Å². The summed E-state index contributed by atoms with van der Waals surface area (Å²) >= 11 is 0. The molecule has 0 saturated carbocycles. The number of hydrogen-bond acceptors (Lipinski definition) is 2. The van der Waals surface area contributed by atoms with Gasteiger partial charge < -0.3 is 10.0 Å². The van der Waals surface area contributed by atoms with Gasteiger partial charge in [-0.05, 0) is 6.92 Å². The summed E-state index contributed by atoms with van der Waals surface area (Å²) in [4.78, 5) is 1.68. The Hall–Kier alpha value is -0.570. The van der Waals surface area contributed by atoms with Gasteiger partial charge in [-0.1, -0.05) is 0 Å². The van der Waals surface area contributed by atoms with Crippen LogP contribution in [0, 0.1) is 5.41 Å². The first kappa shape index (κ1) is 7.43. The lowest BCUT2D eigenvalue weighted by Gasteiger charge is -2.14. The fraction of sp³-hybridized carbons (Fsp3) is 0.800. The van der Waals surface area contributed by atoms with Crippen molar-refractivity contribution >= 4 is 5.84 Å². The predicted molar refractivity (Wildman–Crippen MR) is 33.1 cm³/mol. The molecule has 8 heavy (non-hydrogen) atoms. The third-order valence-corrected chi connectivity index (χ3v) is 1.01. The van der Waals surface area contributed by atoms with E-state index in [4.69, 9.17) is 10.5 Å². The van der Waals surface area contributed by atoms with Gasteiger partial charge in [-0.25, -0.2) is 0 Å².